The lowest BCUT2D eigenvalue weighted by Gasteiger charge is -2.11. The van der Waals surface area contributed by atoms with E-state index in [4.69, 9.17) is 0 Å². The summed E-state index contributed by atoms with van der Waals surface area (Å²) in [6, 6.07) is 7.79. The Bertz CT molecular complexity index is 560. The first-order valence-electron chi connectivity index (χ1n) is 6.43. The predicted octanol–water partition coefficient (Wildman–Crippen LogP) is 3.65. The van der Waals surface area contributed by atoms with Gasteiger partial charge in [0.15, 0.2) is 0 Å². The molecule has 0 saturated heterocycles. The van der Waals surface area contributed by atoms with Crippen molar-refractivity contribution in [3.05, 3.63) is 40.2 Å². The molecule has 0 aliphatic heterocycles. The molecule has 0 spiro atoms. The molecule has 0 bridgehead atoms. The zero-order valence-electron chi connectivity index (χ0n) is 11.4. The number of hydrogen-bond donors (Lipinski definition) is 1. The van der Waals surface area contributed by atoms with E-state index >= 15 is 0 Å². The van der Waals surface area contributed by atoms with Gasteiger partial charge < -0.3 is 5.32 Å². The maximum absolute atomic E-state index is 11.9. The number of benzene rings is 1. The Balaban J connectivity index is 2.12. The van der Waals surface area contributed by atoms with Crippen molar-refractivity contribution in [3.8, 4) is 11.3 Å². The van der Waals surface area contributed by atoms with Crippen molar-refractivity contribution < 1.29 is 4.79 Å². The lowest BCUT2D eigenvalue weighted by Crippen LogP contribution is -2.31. The molecule has 1 heterocycles. The summed E-state index contributed by atoms with van der Waals surface area (Å²) >= 11 is 1.63. The molecule has 1 N–H and O–H groups in total. The minimum atomic E-state index is -0.0182. The number of carbonyl (C=O) groups excluding carboxylic acids is 1. The third-order valence-electron chi connectivity index (χ3n) is 3.05. The van der Waals surface area contributed by atoms with Crippen LogP contribution >= 0.6 is 11.3 Å². The van der Waals surface area contributed by atoms with Crippen molar-refractivity contribution in [3.63, 3.8) is 0 Å². The van der Waals surface area contributed by atoms with Crippen LogP contribution in [-0.2, 0) is 0 Å². The molecule has 2 rings (SSSR count). The predicted molar refractivity (Wildman–Crippen MR) is 79.5 cm³/mol. The largest absolute Gasteiger partial charge is 0.350 e. The molecular weight excluding hydrogens is 256 g/mol. The highest BCUT2D eigenvalue weighted by Crippen LogP contribution is 2.21. The first-order valence-corrected chi connectivity index (χ1v) is 7.31. The molecule has 1 amide bonds. The van der Waals surface area contributed by atoms with Gasteiger partial charge in [-0.1, -0.05) is 19.1 Å². The van der Waals surface area contributed by atoms with Crippen molar-refractivity contribution in [1.29, 1.82) is 0 Å². The molecule has 19 heavy (non-hydrogen) atoms. The van der Waals surface area contributed by atoms with Crippen LogP contribution in [0.15, 0.2) is 29.6 Å². The normalized spacial score (nSPS) is 12.2. The van der Waals surface area contributed by atoms with Crippen molar-refractivity contribution in [2.45, 2.75) is 33.2 Å². The second-order valence-corrected chi connectivity index (χ2v) is 5.67. The van der Waals surface area contributed by atoms with Crippen molar-refractivity contribution in [2.75, 3.05) is 0 Å². The van der Waals surface area contributed by atoms with Crippen LogP contribution in [0.25, 0.3) is 11.3 Å². The number of thiazole rings is 1. The molecule has 4 heteroatoms. The van der Waals surface area contributed by atoms with E-state index in [1.54, 1.807) is 11.3 Å². The van der Waals surface area contributed by atoms with E-state index in [1.807, 2.05) is 43.5 Å². The van der Waals surface area contributed by atoms with Crippen LogP contribution in [0.3, 0.4) is 0 Å². The Labute approximate surface area is 117 Å². The third-order valence-corrected chi connectivity index (χ3v) is 3.83. The van der Waals surface area contributed by atoms with Gasteiger partial charge in [0.25, 0.3) is 5.91 Å². The number of aryl methyl sites for hydroxylation is 1. The standard InChI is InChI=1S/C15H18N2OS/c1-4-10(2)16-15(18)13-7-5-12(6-8-13)14-9-19-11(3)17-14/h5-10H,4H2,1-3H3,(H,16,18). The summed E-state index contributed by atoms with van der Waals surface area (Å²) in [6.45, 7) is 6.05. The molecule has 1 unspecified atom stereocenters. The molecule has 1 aromatic carbocycles. The molecule has 0 radical (unpaired) electrons. The van der Waals surface area contributed by atoms with E-state index in [-0.39, 0.29) is 11.9 Å². The van der Waals surface area contributed by atoms with Crippen LogP contribution in [0.2, 0.25) is 0 Å². The molecule has 2 aromatic rings. The van der Waals surface area contributed by atoms with E-state index < -0.39 is 0 Å². The fraction of sp³-hybridized carbons (Fsp3) is 0.333. The summed E-state index contributed by atoms with van der Waals surface area (Å²) < 4.78 is 0. The number of nitrogens with zero attached hydrogens (tertiary/aromatic N) is 1. The number of carbonyl (C=O) groups is 1. The second kappa shape index (κ2) is 5.97. The average molecular weight is 274 g/mol. The van der Waals surface area contributed by atoms with Crippen LogP contribution in [0.1, 0.15) is 35.6 Å². The van der Waals surface area contributed by atoms with Crippen LogP contribution in [0.4, 0.5) is 0 Å². The Morgan fingerprint density at radius 1 is 1.37 bits per heavy atom. The van der Waals surface area contributed by atoms with Crippen molar-refractivity contribution >= 4 is 17.2 Å². The number of aromatic nitrogens is 1. The smallest absolute Gasteiger partial charge is 0.251 e. The van der Waals surface area contributed by atoms with Gasteiger partial charge in [0.2, 0.25) is 0 Å². The zero-order valence-corrected chi connectivity index (χ0v) is 12.3. The van der Waals surface area contributed by atoms with E-state index in [0.717, 1.165) is 22.7 Å². The van der Waals surface area contributed by atoms with Gasteiger partial charge in [-0.05, 0) is 32.4 Å². The zero-order chi connectivity index (χ0) is 13.8. The van der Waals surface area contributed by atoms with Gasteiger partial charge in [-0.25, -0.2) is 4.98 Å². The van der Waals surface area contributed by atoms with E-state index in [2.05, 4.69) is 17.2 Å². The Morgan fingerprint density at radius 2 is 2.05 bits per heavy atom. The maximum atomic E-state index is 11.9. The molecule has 0 aliphatic rings. The van der Waals surface area contributed by atoms with Gasteiger partial charge in [0.05, 0.1) is 10.7 Å². The number of hydrogen-bond acceptors (Lipinski definition) is 3. The molecule has 100 valence electrons. The Hall–Kier alpha value is -1.68. The third kappa shape index (κ3) is 3.41. The molecule has 1 aromatic heterocycles. The van der Waals surface area contributed by atoms with Crippen LogP contribution < -0.4 is 5.32 Å². The van der Waals surface area contributed by atoms with Crippen molar-refractivity contribution in [2.24, 2.45) is 0 Å². The van der Waals surface area contributed by atoms with Gasteiger partial charge >= 0.3 is 0 Å². The van der Waals surface area contributed by atoms with Crippen LogP contribution in [0.5, 0.6) is 0 Å². The maximum Gasteiger partial charge on any atom is 0.251 e. The van der Waals surface area contributed by atoms with E-state index in [9.17, 15) is 4.79 Å². The fourth-order valence-electron chi connectivity index (χ4n) is 1.70. The summed E-state index contributed by atoms with van der Waals surface area (Å²) in [6.07, 6.45) is 0.932. The monoisotopic (exact) mass is 274 g/mol. The first kappa shape index (κ1) is 13.7. The highest BCUT2D eigenvalue weighted by Gasteiger charge is 2.09. The highest BCUT2D eigenvalue weighted by molar-refractivity contribution is 7.09. The summed E-state index contributed by atoms with van der Waals surface area (Å²) in [5, 5.41) is 6.04. The minimum Gasteiger partial charge on any atom is -0.350 e. The van der Waals surface area contributed by atoms with Crippen LogP contribution in [0, 0.1) is 6.92 Å². The van der Waals surface area contributed by atoms with Gasteiger partial charge in [-0.2, -0.15) is 0 Å². The van der Waals surface area contributed by atoms with Gasteiger partial charge in [0, 0.05) is 22.5 Å². The molecule has 0 fully saturated rings. The summed E-state index contributed by atoms with van der Waals surface area (Å²) in [5.41, 5.74) is 2.71. The lowest BCUT2D eigenvalue weighted by molar-refractivity contribution is 0.0939. The molecule has 0 aliphatic carbocycles. The number of rotatable bonds is 4. The first-order chi connectivity index (χ1) is 9.10. The summed E-state index contributed by atoms with van der Waals surface area (Å²) in [5.74, 6) is -0.0182. The summed E-state index contributed by atoms with van der Waals surface area (Å²) in [4.78, 5) is 16.4. The number of nitrogens with one attached hydrogen (secondary N) is 1. The van der Waals surface area contributed by atoms with E-state index in [0.29, 0.717) is 5.56 Å². The second-order valence-electron chi connectivity index (χ2n) is 4.61. The minimum absolute atomic E-state index is 0.0182. The average Bonchev–Trinajstić information content (AvgIpc) is 2.85. The van der Waals surface area contributed by atoms with Gasteiger partial charge in [-0.15, -0.1) is 11.3 Å². The Kier molecular flexibility index (Phi) is 4.32. The number of amides is 1. The molecule has 0 saturated carbocycles. The van der Waals surface area contributed by atoms with E-state index in [1.165, 1.54) is 0 Å². The quantitative estimate of drug-likeness (QED) is 0.924. The van der Waals surface area contributed by atoms with Crippen molar-refractivity contribution in [1.82, 2.24) is 10.3 Å². The summed E-state index contributed by atoms with van der Waals surface area (Å²) in [7, 11) is 0. The Morgan fingerprint density at radius 3 is 2.58 bits per heavy atom. The highest BCUT2D eigenvalue weighted by atomic mass is 32.1. The van der Waals surface area contributed by atoms with Gasteiger partial charge in [-0.3, -0.25) is 4.79 Å². The molecule has 1 atom stereocenters. The van der Waals surface area contributed by atoms with Gasteiger partial charge in [0.1, 0.15) is 0 Å². The lowest BCUT2D eigenvalue weighted by atomic mass is 10.1. The fourth-order valence-corrected chi connectivity index (χ4v) is 2.32. The topological polar surface area (TPSA) is 42.0 Å². The van der Waals surface area contributed by atoms with Crippen LogP contribution in [-0.4, -0.2) is 16.9 Å². The molecular formula is C15H18N2OS. The molecule has 3 nitrogen and oxygen atoms in total. The SMILES string of the molecule is CCC(C)NC(=O)c1ccc(-c2csc(C)n2)cc1.